The van der Waals surface area contributed by atoms with E-state index in [-0.39, 0.29) is 36.6 Å². The molecule has 0 spiro atoms. The van der Waals surface area contributed by atoms with Crippen molar-refractivity contribution in [3.05, 3.63) is 23.8 Å². The SMILES string of the molecule is Cc1cc(NC(=O)CCC(=O)NC2CCCC2)ccc1N1CCCC1=O. The van der Waals surface area contributed by atoms with Crippen LogP contribution in [0, 0.1) is 6.92 Å². The van der Waals surface area contributed by atoms with Crippen LogP contribution in [0.4, 0.5) is 11.4 Å². The Morgan fingerprint density at radius 3 is 2.50 bits per heavy atom. The van der Waals surface area contributed by atoms with E-state index in [2.05, 4.69) is 10.6 Å². The van der Waals surface area contributed by atoms with Gasteiger partial charge in [0.05, 0.1) is 0 Å². The van der Waals surface area contributed by atoms with E-state index >= 15 is 0 Å². The van der Waals surface area contributed by atoms with Gasteiger partial charge in [-0.05, 0) is 49.9 Å². The van der Waals surface area contributed by atoms with Crippen LogP contribution >= 0.6 is 0 Å². The lowest BCUT2D eigenvalue weighted by molar-refractivity contribution is -0.124. The number of benzene rings is 1. The number of rotatable bonds is 6. The van der Waals surface area contributed by atoms with Gasteiger partial charge in [0.1, 0.15) is 0 Å². The van der Waals surface area contributed by atoms with Crippen LogP contribution < -0.4 is 15.5 Å². The molecule has 1 saturated heterocycles. The molecule has 3 amide bonds. The summed E-state index contributed by atoms with van der Waals surface area (Å²) in [5.74, 6) is -0.0692. The average molecular weight is 357 g/mol. The highest BCUT2D eigenvalue weighted by atomic mass is 16.2. The van der Waals surface area contributed by atoms with E-state index in [1.54, 1.807) is 4.90 Å². The molecular formula is C20H27N3O3. The van der Waals surface area contributed by atoms with Crippen LogP contribution in [0.2, 0.25) is 0 Å². The number of anilines is 2. The first-order chi connectivity index (χ1) is 12.5. The monoisotopic (exact) mass is 357 g/mol. The van der Waals surface area contributed by atoms with Gasteiger partial charge in [-0.3, -0.25) is 14.4 Å². The maximum atomic E-state index is 12.1. The molecule has 0 aromatic heterocycles. The van der Waals surface area contributed by atoms with Gasteiger partial charge in [-0.2, -0.15) is 0 Å². The first-order valence-electron chi connectivity index (χ1n) is 9.53. The summed E-state index contributed by atoms with van der Waals surface area (Å²) < 4.78 is 0. The lowest BCUT2D eigenvalue weighted by Crippen LogP contribution is -2.33. The van der Waals surface area contributed by atoms with Crippen LogP contribution in [0.3, 0.4) is 0 Å². The third-order valence-corrected chi connectivity index (χ3v) is 5.14. The summed E-state index contributed by atoms with van der Waals surface area (Å²) in [5.41, 5.74) is 2.55. The third kappa shape index (κ3) is 4.62. The molecule has 1 aromatic rings. The van der Waals surface area contributed by atoms with Crippen molar-refractivity contribution in [3.8, 4) is 0 Å². The minimum atomic E-state index is -0.170. The number of aryl methyl sites for hydroxylation is 1. The molecule has 140 valence electrons. The first-order valence-corrected chi connectivity index (χ1v) is 9.53. The zero-order valence-corrected chi connectivity index (χ0v) is 15.3. The van der Waals surface area contributed by atoms with E-state index in [4.69, 9.17) is 0 Å². The number of carbonyl (C=O) groups is 3. The number of nitrogens with zero attached hydrogens (tertiary/aromatic N) is 1. The summed E-state index contributed by atoms with van der Waals surface area (Å²) in [7, 11) is 0. The van der Waals surface area contributed by atoms with E-state index in [1.807, 2.05) is 25.1 Å². The maximum absolute atomic E-state index is 12.1. The molecule has 0 radical (unpaired) electrons. The van der Waals surface area contributed by atoms with Crippen LogP contribution in [-0.4, -0.2) is 30.3 Å². The molecule has 1 aliphatic carbocycles. The van der Waals surface area contributed by atoms with Crippen LogP contribution in [0.1, 0.15) is 56.9 Å². The van der Waals surface area contributed by atoms with Crippen molar-refractivity contribution in [1.82, 2.24) is 5.32 Å². The van der Waals surface area contributed by atoms with Gasteiger partial charge in [0.25, 0.3) is 0 Å². The normalized spacial score (nSPS) is 17.6. The second-order valence-corrected chi connectivity index (χ2v) is 7.25. The molecule has 0 unspecified atom stereocenters. The fourth-order valence-electron chi connectivity index (χ4n) is 3.76. The van der Waals surface area contributed by atoms with Crippen LogP contribution in [0.5, 0.6) is 0 Å². The summed E-state index contributed by atoms with van der Waals surface area (Å²) in [6.07, 6.45) is 6.30. The summed E-state index contributed by atoms with van der Waals surface area (Å²) in [4.78, 5) is 37.7. The standard InChI is InChI=1S/C20H27N3O3/c1-14-13-16(8-9-17(14)23-12-4-7-20(23)26)22-19(25)11-10-18(24)21-15-5-2-3-6-15/h8-9,13,15H,2-7,10-12H2,1H3,(H,21,24)(H,22,25). The first kappa shape index (κ1) is 18.4. The number of nitrogens with one attached hydrogen (secondary N) is 2. The fourth-order valence-corrected chi connectivity index (χ4v) is 3.76. The molecule has 0 atom stereocenters. The van der Waals surface area contributed by atoms with E-state index in [1.165, 1.54) is 12.8 Å². The molecule has 2 fully saturated rings. The number of amides is 3. The average Bonchev–Trinajstić information content (AvgIpc) is 3.25. The molecule has 0 bridgehead atoms. The lowest BCUT2D eigenvalue weighted by Gasteiger charge is -2.19. The quantitative estimate of drug-likeness (QED) is 0.822. The van der Waals surface area contributed by atoms with Gasteiger partial charge >= 0.3 is 0 Å². The van der Waals surface area contributed by atoms with Crippen molar-refractivity contribution in [2.45, 2.75) is 64.3 Å². The lowest BCUT2D eigenvalue weighted by atomic mass is 10.1. The van der Waals surface area contributed by atoms with Crippen molar-refractivity contribution in [2.24, 2.45) is 0 Å². The minimum Gasteiger partial charge on any atom is -0.353 e. The topological polar surface area (TPSA) is 78.5 Å². The maximum Gasteiger partial charge on any atom is 0.227 e. The van der Waals surface area contributed by atoms with Gasteiger partial charge in [-0.25, -0.2) is 0 Å². The molecule has 1 aliphatic heterocycles. The summed E-state index contributed by atoms with van der Waals surface area (Å²) in [6, 6.07) is 5.84. The van der Waals surface area contributed by atoms with Crippen LogP contribution in [0.25, 0.3) is 0 Å². The second kappa shape index (κ2) is 8.34. The predicted molar refractivity (Wildman–Crippen MR) is 101 cm³/mol. The second-order valence-electron chi connectivity index (χ2n) is 7.25. The van der Waals surface area contributed by atoms with Crippen molar-refractivity contribution >= 4 is 29.1 Å². The molecule has 1 aromatic carbocycles. The molecule has 26 heavy (non-hydrogen) atoms. The van der Waals surface area contributed by atoms with E-state index < -0.39 is 0 Å². The van der Waals surface area contributed by atoms with Gasteiger partial charge in [0.15, 0.2) is 0 Å². The molecule has 1 saturated carbocycles. The Labute approximate surface area is 154 Å². The summed E-state index contributed by atoms with van der Waals surface area (Å²) in [5, 5.41) is 5.83. The molecule has 3 rings (SSSR count). The molecular weight excluding hydrogens is 330 g/mol. The molecule has 1 heterocycles. The summed E-state index contributed by atoms with van der Waals surface area (Å²) >= 11 is 0. The minimum absolute atomic E-state index is 0.0499. The van der Waals surface area contributed by atoms with Crippen molar-refractivity contribution in [2.75, 3.05) is 16.8 Å². The molecule has 2 aliphatic rings. The van der Waals surface area contributed by atoms with Crippen molar-refractivity contribution in [3.63, 3.8) is 0 Å². The third-order valence-electron chi connectivity index (χ3n) is 5.14. The van der Waals surface area contributed by atoms with Crippen LogP contribution in [-0.2, 0) is 14.4 Å². The smallest absolute Gasteiger partial charge is 0.227 e. The highest BCUT2D eigenvalue weighted by Gasteiger charge is 2.23. The van der Waals surface area contributed by atoms with Gasteiger partial charge in [0, 0.05) is 43.2 Å². The van der Waals surface area contributed by atoms with Crippen LogP contribution in [0.15, 0.2) is 18.2 Å². The highest BCUT2D eigenvalue weighted by molar-refractivity contribution is 5.97. The van der Waals surface area contributed by atoms with E-state index in [9.17, 15) is 14.4 Å². The number of hydrogen-bond acceptors (Lipinski definition) is 3. The van der Waals surface area contributed by atoms with Gasteiger partial charge in [-0.1, -0.05) is 12.8 Å². The van der Waals surface area contributed by atoms with Gasteiger partial charge in [-0.15, -0.1) is 0 Å². The Bertz CT molecular complexity index is 696. The van der Waals surface area contributed by atoms with Gasteiger partial charge in [0.2, 0.25) is 17.7 Å². The Morgan fingerprint density at radius 1 is 1.12 bits per heavy atom. The molecule has 6 heteroatoms. The number of hydrogen-bond donors (Lipinski definition) is 2. The van der Waals surface area contributed by atoms with Crippen molar-refractivity contribution < 1.29 is 14.4 Å². The summed E-state index contributed by atoms with van der Waals surface area (Å²) in [6.45, 7) is 2.69. The largest absolute Gasteiger partial charge is 0.353 e. The Balaban J connectivity index is 1.48. The van der Waals surface area contributed by atoms with E-state index in [0.717, 1.165) is 37.1 Å². The number of carbonyl (C=O) groups excluding carboxylic acids is 3. The highest BCUT2D eigenvalue weighted by Crippen LogP contribution is 2.27. The van der Waals surface area contributed by atoms with Crippen molar-refractivity contribution in [1.29, 1.82) is 0 Å². The van der Waals surface area contributed by atoms with Gasteiger partial charge < -0.3 is 15.5 Å². The predicted octanol–water partition coefficient (Wildman–Crippen LogP) is 2.90. The van der Waals surface area contributed by atoms with E-state index in [0.29, 0.717) is 12.1 Å². The Morgan fingerprint density at radius 2 is 1.85 bits per heavy atom. The fraction of sp³-hybridized carbons (Fsp3) is 0.550. The Hall–Kier alpha value is -2.37. The molecule has 2 N–H and O–H groups in total. The zero-order valence-electron chi connectivity index (χ0n) is 15.3. The molecule has 6 nitrogen and oxygen atoms in total. The zero-order chi connectivity index (χ0) is 18.5. The Kier molecular flexibility index (Phi) is 5.91.